The van der Waals surface area contributed by atoms with E-state index in [4.69, 9.17) is 5.73 Å². The first-order chi connectivity index (χ1) is 7.98. The van der Waals surface area contributed by atoms with Gasteiger partial charge in [0.2, 0.25) is 0 Å². The Bertz CT molecular complexity index is 521. The normalized spacial score (nSPS) is 11.5. The third-order valence-corrected chi connectivity index (χ3v) is 2.32. The standard InChI is InChI=1S/C12H9F3N2/c13-12(14,15)10-6-11(16)17-7-9(10)8-4-2-1-3-5-8/h1-7H,(H2,16,17). The third-order valence-electron chi connectivity index (χ3n) is 2.32. The molecular weight excluding hydrogens is 229 g/mol. The van der Waals surface area contributed by atoms with Gasteiger partial charge < -0.3 is 5.73 Å². The van der Waals surface area contributed by atoms with Crippen LogP contribution in [-0.2, 0) is 6.18 Å². The van der Waals surface area contributed by atoms with Gasteiger partial charge in [0.15, 0.2) is 0 Å². The molecule has 2 rings (SSSR count). The lowest BCUT2D eigenvalue weighted by atomic mass is 10.0. The lowest BCUT2D eigenvalue weighted by Gasteiger charge is -2.12. The highest BCUT2D eigenvalue weighted by Crippen LogP contribution is 2.37. The highest BCUT2D eigenvalue weighted by molar-refractivity contribution is 5.68. The van der Waals surface area contributed by atoms with Gasteiger partial charge in [-0.25, -0.2) is 4.98 Å². The number of alkyl halides is 3. The first kappa shape index (κ1) is 11.4. The second-order valence-electron chi connectivity index (χ2n) is 3.52. The molecule has 88 valence electrons. The Morgan fingerprint density at radius 2 is 1.71 bits per heavy atom. The van der Waals surface area contributed by atoms with Crippen LogP contribution in [0.25, 0.3) is 11.1 Å². The Labute approximate surface area is 95.9 Å². The van der Waals surface area contributed by atoms with E-state index in [-0.39, 0.29) is 11.4 Å². The van der Waals surface area contributed by atoms with E-state index in [9.17, 15) is 13.2 Å². The van der Waals surface area contributed by atoms with E-state index in [2.05, 4.69) is 4.98 Å². The number of anilines is 1. The topological polar surface area (TPSA) is 38.9 Å². The van der Waals surface area contributed by atoms with Crippen molar-refractivity contribution in [2.45, 2.75) is 6.18 Å². The molecule has 0 saturated heterocycles. The molecule has 0 bridgehead atoms. The summed E-state index contributed by atoms with van der Waals surface area (Å²) in [5, 5.41) is 0. The summed E-state index contributed by atoms with van der Waals surface area (Å²) < 4.78 is 38.5. The predicted octanol–water partition coefficient (Wildman–Crippen LogP) is 3.35. The summed E-state index contributed by atoms with van der Waals surface area (Å²) in [5.41, 5.74) is 5.02. The lowest BCUT2D eigenvalue weighted by Crippen LogP contribution is -2.09. The van der Waals surface area contributed by atoms with Crippen molar-refractivity contribution in [3.05, 3.63) is 48.2 Å². The number of nitrogens with two attached hydrogens (primary N) is 1. The molecule has 0 atom stereocenters. The second-order valence-corrected chi connectivity index (χ2v) is 3.52. The predicted molar refractivity (Wildman–Crippen MR) is 59.1 cm³/mol. The van der Waals surface area contributed by atoms with Crippen molar-refractivity contribution < 1.29 is 13.2 Å². The van der Waals surface area contributed by atoms with Crippen LogP contribution in [0.3, 0.4) is 0 Å². The Hall–Kier alpha value is -2.04. The molecule has 5 heteroatoms. The molecule has 0 spiro atoms. The van der Waals surface area contributed by atoms with Crippen LogP contribution >= 0.6 is 0 Å². The summed E-state index contributed by atoms with van der Waals surface area (Å²) in [5.74, 6) is -0.142. The molecule has 0 fully saturated rings. The first-order valence-corrected chi connectivity index (χ1v) is 4.86. The van der Waals surface area contributed by atoms with E-state index in [0.717, 1.165) is 12.3 Å². The van der Waals surface area contributed by atoms with Gasteiger partial charge in [-0.1, -0.05) is 30.3 Å². The number of hydrogen-bond donors (Lipinski definition) is 1. The van der Waals surface area contributed by atoms with Crippen LogP contribution in [0, 0.1) is 0 Å². The highest BCUT2D eigenvalue weighted by atomic mass is 19.4. The van der Waals surface area contributed by atoms with Gasteiger partial charge in [0.05, 0.1) is 5.56 Å². The number of nitrogens with zero attached hydrogens (tertiary/aromatic N) is 1. The van der Waals surface area contributed by atoms with Gasteiger partial charge in [-0.05, 0) is 11.6 Å². The molecule has 0 aliphatic heterocycles. The minimum atomic E-state index is -4.44. The number of rotatable bonds is 1. The number of pyridine rings is 1. The second kappa shape index (κ2) is 4.08. The Morgan fingerprint density at radius 1 is 1.06 bits per heavy atom. The largest absolute Gasteiger partial charge is 0.417 e. The molecule has 1 heterocycles. The zero-order valence-electron chi connectivity index (χ0n) is 8.70. The minimum absolute atomic E-state index is 0.0345. The van der Waals surface area contributed by atoms with Crippen molar-refractivity contribution in [1.29, 1.82) is 0 Å². The molecule has 0 unspecified atom stereocenters. The summed E-state index contributed by atoms with van der Waals surface area (Å²) in [6.45, 7) is 0. The molecule has 0 amide bonds. The van der Waals surface area contributed by atoms with Crippen LogP contribution in [0.15, 0.2) is 42.6 Å². The fourth-order valence-corrected chi connectivity index (χ4v) is 1.55. The molecule has 0 aliphatic rings. The van der Waals surface area contributed by atoms with Crippen LogP contribution in [0.5, 0.6) is 0 Å². The maximum Gasteiger partial charge on any atom is 0.417 e. The number of halogens is 3. The summed E-state index contributed by atoms with van der Waals surface area (Å²) >= 11 is 0. The fraction of sp³-hybridized carbons (Fsp3) is 0.0833. The maximum absolute atomic E-state index is 12.8. The zero-order chi connectivity index (χ0) is 12.5. The van der Waals surface area contributed by atoms with Crippen molar-refractivity contribution in [1.82, 2.24) is 4.98 Å². The lowest BCUT2D eigenvalue weighted by molar-refractivity contribution is -0.137. The maximum atomic E-state index is 12.8. The van der Waals surface area contributed by atoms with Crippen LogP contribution in [0.1, 0.15) is 5.56 Å². The molecule has 1 aromatic heterocycles. The van der Waals surface area contributed by atoms with Gasteiger partial charge >= 0.3 is 6.18 Å². The molecule has 2 N–H and O–H groups in total. The molecule has 1 aromatic carbocycles. The minimum Gasteiger partial charge on any atom is -0.384 e. The van der Waals surface area contributed by atoms with Gasteiger partial charge in [0.1, 0.15) is 5.82 Å². The number of aromatic nitrogens is 1. The van der Waals surface area contributed by atoms with Crippen LogP contribution in [-0.4, -0.2) is 4.98 Å². The first-order valence-electron chi connectivity index (χ1n) is 4.86. The van der Waals surface area contributed by atoms with Gasteiger partial charge in [0.25, 0.3) is 0 Å². The van der Waals surface area contributed by atoms with Crippen molar-refractivity contribution in [2.75, 3.05) is 5.73 Å². The molecule has 0 saturated carbocycles. The zero-order valence-corrected chi connectivity index (χ0v) is 8.70. The quantitative estimate of drug-likeness (QED) is 0.827. The third kappa shape index (κ3) is 2.38. The summed E-state index contributed by atoms with van der Waals surface area (Å²) in [6, 6.07) is 9.13. The molecule has 2 aromatic rings. The molecule has 0 aliphatic carbocycles. The number of nitrogen functional groups attached to an aromatic ring is 1. The highest BCUT2D eigenvalue weighted by Gasteiger charge is 2.34. The summed E-state index contributed by atoms with van der Waals surface area (Å²) in [4.78, 5) is 3.71. The Balaban J connectivity index is 2.63. The number of benzene rings is 1. The molecule has 17 heavy (non-hydrogen) atoms. The van der Waals surface area contributed by atoms with E-state index in [1.54, 1.807) is 30.3 Å². The molecule has 2 nitrogen and oxygen atoms in total. The smallest absolute Gasteiger partial charge is 0.384 e. The van der Waals surface area contributed by atoms with Crippen molar-refractivity contribution >= 4 is 5.82 Å². The monoisotopic (exact) mass is 238 g/mol. The SMILES string of the molecule is Nc1cc(C(F)(F)F)c(-c2ccccc2)cn1. The van der Waals surface area contributed by atoms with Crippen molar-refractivity contribution in [3.8, 4) is 11.1 Å². The Kier molecular flexibility index (Phi) is 2.75. The van der Waals surface area contributed by atoms with Gasteiger partial charge in [-0.3, -0.25) is 0 Å². The summed E-state index contributed by atoms with van der Waals surface area (Å²) in [7, 11) is 0. The van der Waals surface area contributed by atoms with Crippen molar-refractivity contribution in [3.63, 3.8) is 0 Å². The van der Waals surface area contributed by atoms with E-state index in [1.165, 1.54) is 0 Å². The molecular formula is C12H9F3N2. The van der Waals surface area contributed by atoms with E-state index < -0.39 is 11.7 Å². The van der Waals surface area contributed by atoms with Crippen LogP contribution in [0.2, 0.25) is 0 Å². The Morgan fingerprint density at radius 3 is 2.29 bits per heavy atom. The van der Waals surface area contributed by atoms with E-state index in [0.29, 0.717) is 5.56 Å². The van der Waals surface area contributed by atoms with Crippen LogP contribution < -0.4 is 5.73 Å². The van der Waals surface area contributed by atoms with Gasteiger partial charge in [0, 0.05) is 11.8 Å². The fourth-order valence-electron chi connectivity index (χ4n) is 1.55. The van der Waals surface area contributed by atoms with Gasteiger partial charge in [-0.2, -0.15) is 13.2 Å². The average molecular weight is 238 g/mol. The van der Waals surface area contributed by atoms with Gasteiger partial charge in [-0.15, -0.1) is 0 Å². The molecule has 0 radical (unpaired) electrons. The van der Waals surface area contributed by atoms with E-state index in [1.807, 2.05) is 0 Å². The number of hydrogen-bond acceptors (Lipinski definition) is 2. The van der Waals surface area contributed by atoms with E-state index >= 15 is 0 Å². The summed E-state index contributed by atoms with van der Waals surface area (Å²) in [6.07, 6.45) is -3.30. The van der Waals surface area contributed by atoms with Crippen LogP contribution in [0.4, 0.5) is 19.0 Å². The van der Waals surface area contributed by atoms with Crippen molar-refractivity contribution in [2.24, 2.45) is 0 Å². The average Bonchev–Trinajstić information content (AvgIpc) is 2.29.